The number of anilines is 1. The number of para-hydroxylation sites is 1. The number of halogens is 1. The summed E-state index contributed by atoms with van der Waals surface area (Å²) in [5.74, 6) is -1.20. The average Bonchev–Trinajstić information content (AvgIpc) is 2.98. The van der Waals surface area contributed by atoms with E-state index in [0.717, 1.165) is 0 Å². The summed E-state index contributed by atoms with van der Waals surface area (Å²) in [4.78, 5) is 35.5. The van der Waals surface area contributed by atoms with Gasteiger partial charge in [-0.05, 0) is 24.3 Å². The van der Waals surface area contributed by atoms with Crippen molar-refractivity contribution in [2.75, 3.05) is 11.9 Å². The Labute approximate surface area is 142 Å². The predicted molar refractivity (Wildman–Crippen MR) is 88.9 cm³/mol. The van der Waals surface area contributed by atoms with Gasteiger partial charge >= 0.3 is 5.97 Å². The minimum Gasteiger partial charge on any atom is -0.456 e. The van der Waals surface area contributed by atoms with E-state index in [1.165, 1.54) is 11.3 Å². The second-order valence-corrected chi connectivity index (χ2v) is 6.32. The Kier molecular flexibility index (Phi) is 6.31. The van der Waals surface area contributed by atoms with Crippen LogP contribution in [0.3, 0.4) is 0 Å². The summed E-state index contributed by atoms with van der Waals surface area (Å²) in [6, 6.07) is 12.1. The van der Waals surface area contributed by atoms with Gasteiger partial charge in [0.15, 0.2) is 12.4 Å². The fraction of sp³-hybridized carbons (Fsp3) is 0.188. The Morgan fingerprint density at radius 3 is 2.43 bits per heavy atom. The molecule has 23 heavy (non-hydrogen) atoms. The summed E-state index contributed by atoms with van der Waals surface area (Å²) in [7, 11) is 0. The number of amides is 1. The van der Waals surface area contributed by atoms with Crippen LogP contribution in [-0.4, -0.2) is 24.3 Å². The first kappa shape index (κ1) is 17.2. The predicted octanol–water partition coefficient (Wildman–Crippen LogP) is 3.55. The maximum Gasteiger partial charge on any atom is 0.306 e. The van der Waals surface area contributed by atoms with Gasteiger partial charge in [-0.2, -0.15) is 0 Å². The number of ketones is 1. The lowest BCUT2D eigenvalue weighted by atomic mass is 10.2. The van der Waals surface area contributed by atoms with E-state index in [1.54, 1.807) is 36.4 Å². The molecule has 1 aromatic heterocycles. The molecular weight excluding hydrogens is 338 g/mol. The maximum absolute atomic E-state index is 11.8. The van der Waals surface area contributed by atoms with Gasteiger partial charge in [0, 0.05) is 12.1 Å². The summed E-state index contributed by atoms with van der Waals surface area (Å²) in [5.41, 5.74) is 0.623. The highest BCUT2D eigenvalue weighted by atomic mass is 35.5. The molecule has 2 aromatic rings. The largest absolute Gasteiger partial charge is 0.456 e. The van der Waals surface area contributed by atoms with Crippen LogP contribution in [0.25, 0.3) is 0 Å². The van der Waals surface area contributed by atoms with E-state index in [4.69, 9.17) is 16.3 Å². The van der Waals surface area contributed by atoms with E-state index in [1.807, 2.05) is 6.07 Å². The third-order valence-corrected chi connectivity index (χ3v) is 4.10. The number of hydrogen-bond donors (Lipinski definition) is 1. The van der Waals surface area contributed by atoms with Gasteiger partial charge in [0.1, 0.15) is 0 Å². The topological polar surface area (TPSA) is 72.5 Å². The molecule has 1 heterocycles. The number of carbonyl (C=O) groups excluding carboxylic acids is 3. The van der Waals surface area contributed by atoms with E-state index in [0.29, 0.717) is 14.9 Å². The maximum atomic E-state index is 11.8. The number of benzene rings is 1. The number of hydrogen-bond acceptors (Lipinski definition) is 5. The normalized spacial score (nSPS) is 10.1. The zero-order valence-corrected chi connectivity index (χ0v) is 13.7. The van der Waals surface area contributed by atoms with E-state index in [2.05, 4.69) is 5.32 Å². The molecule has 1 amide bonds. The molecule has 0 aliphatic carbocycles. The van der Waals surface area contributed by atoms with Gasteiger partial charge in [-0.15, -0.1) is 11.3 Å². The highest BCUT2D eigenvalue weighted by Crippen LogP contribution is 2.22. The van der Waals surface area contributed by atoms with E-state index in [-0.39, 0.29) is 25.2 Å². The van der Waals surface area contributed by atoms with E-state index >= 15 is 0 Å². The molecular formula is C16H14ClNO4S. The fourth-order valence-corrected chi connectivity index (χ4v) is 2.75. The highest BCUT2D eigenvalue weighted by molar-refractivity contribution is 7.18. The molecule has 5 nitrogen and oxygen atoms in total. The van der Waals surface area contributed by atoms with Crippen molar-refractivity contribution in [3.8, 4) is 0 Å². The highest BCUT2D eigenvalue weighted by Gasteiger charge is 2.13. The van der Waals surface area contributed by atoms with Crippen LogP contribution in [0.15, 0.2) is 42.5 Å². The number of thiophene rings is 1. The zero-order valence-electron chi connectivity index (χ0n) is 12.1. The Balaban J connectivity index is 1.68. The molecule has 7 heteroatoms. The first-order valence-electron chi connectivity index (χ1n) is 6.83. The van der Waals surface area contributed by atoms with Crippen LogP contribution in [0.4, 0.5) is 5.69 Å². The molecule has 0 fully saturated rings. The minimum absolute atomic E-state index is 0.0238. The Bertz CT molecular complexity index is 699. The third-order valence-electron chi connectivity index (χ3n) is 2.83. The third kappa shape index (κ3) is 5.84. The minimum atomic E-state index is -0.593. The van der Waals surface area contributed by atoms with Crippen molar-refractivity contribution in [3.63, 3.8) is 0 Å². The van der Waals surface area contributed by atoms with Gasteiger partial charge < -0.3 is 10.1 Å². The average molecular weight is 352 g/mol. The van der Waals surface area contributed by atoms with Gasteiger partial charge in [-0.25, -0.2) is 0 Å². The van der Waals surface area contributed by atoms with Crippen molar-refractivity contribution in [2.24, 2.45) is 0 Å². The van der Waals surface area contributed by atoms with Gasteiger partial charge in [-0.3, -0.25) is 14.4 Å². The lowest BCUT2D eigenvalue weighted by Crippen LogP contribution is -2.21. The molecule has 0 aliphatic heterocycles. The molecule has 0 bridgehead atoms. The lowest BCUT2D eigenvalue weighted by molar-refractivity contribution is -0.147. The van der Waals surface area contributed by atoms with Crippen molar-refractivity contribution in [2.45, 2.75) is 12.8 Å². The molecule has 0 spiro atoms. The number of rotatable bonds is 7. The van der Waals surface area contributed by atoms with Gasteiger partial charge in [0.05, 0.1) is 15.6 Å². The van der Waals surface area contributed by atoms with Gasteiger partial charge in [0.2, 0.25) is 0 Å². The lowest BCUT2D eigenvalue weighted by Gasteiger charge is -2.06. The van der Waals surface area contributed by atoms with Crippen molar-refractivity contribution in [1.29, 1.82) is 0 Å². The van der Waals surface area contributed by atoms with Crippen molar-refractivity contribution in [1.82, 2.24) is 0 Å². The molecule has 1 N–H and O–H groups in total. The molecule has 0 atom stereocenters. The van der Waals surface area contributed by atoms with Crippen LogP contribution in [-0.2, 0) is 14.3 Å². The molecule has 0 unspecified atom stereocenters. The van der Waals surface area contributed by atoms with Gasteiger partial charge in [0.25, 0.3) is 5.91 Å². The number of esters is 1. The SMILES string of the molecule is O=C(COC(=O)CCC(=O)c1ccc(Cl)s1)Nc1ccccc1. The Morgan fingerprint density at radius 2 is 1.78 bits per heavy atom. The molecule has 1 aromatic carbocycles. The molecule has 2 rings (SSSR count). The van der Waals surface area contributed by atoms with E-state index < -0.39 is 11.9 Å². The number of nitrogens with one attached hydrogen (secondary N) is 1. The molecule has 0 saturated heterocycles. The van der Waals surface area contributed by atoms with Crippen LogP contribution < -0.4 is 5.32 Å². The van der Waals surface area contributed by atoms with Crippen LogP contribution in [0.2, 0.25) is 4.34 Å². The van der Waals surface area contributed by atoms with Crippen molar-refractivity contribution >= 4 is 46.3 Å². The monoisotopic (exact) mass is 351 g/mol. The van der Waals surface area contributed by atoms with Crippen molar-refractivity contribution < 1.29 is 19.1 Å². The first-order chi connectivity index (χ1) is 11.0. The van der Waals surface area contributed by atoms with Crippen LogP contribution in [0, 0.1) is 0 Å². The van der Waals surface area contributed by atoms with Crippen LogP contribution >= 0.6 is 22.9 Å². The molecule has 120 valence electrons. The summed E-state index contributed by atoms with van der Waals surface area (Å²) in [6.45, 7) is -0.382. The number of ether oxygens (including phenoxy) is 1. The second-order valence-electron chi connectivity index (χ2n) is 4.60. The summed E-state index contributed by atoms with van der Waals surface area (Å²) < 4.78 is 5.36. The summed E-state index contributed by atoms with van der Waals surface area (Å²) in [5, 5.41) is 2.59. The number of carbonyl (C=O) groups is 3. The van der Waals surface area contributed by atoms with Crippen LogP contribution in [0.1, 0.15) is 22.5 Å². The molecule has 0 radical (unpaired) electrons. The fourth-order valence-electron chi connectivity index (χ4n) is 1.74. The Morgan fingerprint density at radius 1 is 1.04 bits per heavy atom. The molecule has 0 saturated carbocycles. The molecule has 0 aliphatic rings. The van der Waals surface area contributed by atoms with Crippen LogP contribution in [0.5, 0.6) is 0 Å². The first-order valence-corrected chi connectivity index (χ1v) is 8.03. The number of Topliss-reactive ketones (excluding diaryl/α,β-unsaturated/α-hetero) is 1. The summed E-state index contributed by atoms with van der Waals surface area (Å²) >= 11 is 6.92. The second kappa shape index (κ2) is 8.45. The van der Waals surface area contributed by atoms with Gasteiger partial charge in [-0.1, -0.05) is 29.8 Å². The Hall–Kier alpha value is -2.18. The summed E-state index contributed by atoms with van der Waals surface area (Å²) in [6.07, 6.45) is -0.0526. The quantitative estimate of drug-likeness (QED) is 0.611. The van der Waals surface area contributed by atoms with E-state index in [9.17, 15) is 14.4 Å². The smallest absolute Gasteiger partial charge is 0.306 e. The standard InChI is InChI=1S/C16H14ClNO4S/c17-14-8-7-13(23-14)12(19)6-9-16(21)22-10-15(20)18-11-4-2-1-3-5-11/h1-5,7-8H,6,9-10H2,(H,18,20). The zero-order chi connectivity index (χ0) is 16.7. The van der Waals surface area contributed by atoms with Crippen molar-refractivity contribution in [3.05, 3.63) is 51.7 Å².